The van der Waals surface area contributed by atoms with E-state index in [1.165, 1.54) is 11.8 Å². The predicted octanol–water partition coefficient (Wildman–Crippen LogP) is 0.453. The number of carboxylic acid groups (broad SMARTS) is 2. The van der Waals surface area contributed by atoms with Crippen molar-refractivity contribution < 1.29 is 77.0 Å². The third kappa shape index (κ3) is 28.0. The van der Waals surface area contributed by atoms with E-state index in [2.05, 4.69) is 10.6 Å². The SMILES string of the molecule is CCC(C(=O)CC(C)C(=O)OCCOCCOC)C(=O)N[C@H](CCSC)C(=O)O.CCC(C(=O)CC(C)C(=O)OCCOCCOC)C(=O)N[C@H](CC[S+](C)C)C(=O)[O-]. The highest BCUT2D eigenvalue weighted by atomic mass is 32.2. The fraction of sp³-hybridized carbons (Fsp3) is 0.795. The van der Waals surface area contributed by atoms with Crippen LogP contribution in [0.1, 0.15) is 66.2 Å². The van der Waals surface area contributed by atoms with E-state index in [4.69, 9.17) is 28.4 Å². The fourth-order valence-corrected chi connectivity index (χ4v) is 6.17. The van der Waals surface area contributed by atoms with Gasteiger partial charge in [-0.25, -0.2) is 4.79 Å². The number of methoxy groups -OCH3 is 2. The van der Waals surface area contributed by atoms with E-state index in [9.17, 15) is 48.6 Å². The zero-order chi connectivity index (χ0) is 45.3. The van der Waals surface area contributed by atoms with Crippen molar-refractivity contribution in [3.8, 4) is 0 Å². The Labute approximate surface area is 355 Å². The minimum atomic E-state index is -1.37. The second kappa shape index (κ2) is 35.5. The van der Waals surface area contributed by atoms with Gasteiger partial charge in [-0.3, -0.25) is 28.8 Å². The smallest absolute Gasteiger partial charge is 0.326 e. The molecule has 0 heterocycles. The summed E-state index contributed by atoms with van der Waals surface area (Å²) in [5.41, 5.74) is 0. The Hall–Kier alpha value is -3.30. The van der Waals surface area contributed by atoms with Gasteiger partial charge in [-0.15, -0.1) is 0 Å². The molecule has 0 saturated carbocycles. The second-order valence-corrected chi connectivity index (χ2v) is 17.0. The van der Waals surface area contributed by atoms with Crippen molar-refractivity contribution >= 4 is 69.9 Å². The van der Waals surface area contributed by atoms with Crippen molar-refractivity contribution in [2.24, 2.45) is 23.7 Å². The van der Waals surface area contributed by atoms with Crippen LogP contribution in [0.4, 0.5) is 0 Å². The number of nitrogens with one attached hydrogen (secondary N) is 2. The number of hydrogen-bond acceptors (Lipinski definition) is 16. The minimum absolute atomic E-state index is 0.0165. The van der Waals surface area contributed by atoms with Crippen LogP contribution >= 0.6 is 11.8 Å². The molecular weight excluding hydrogens is 817 g/mol. The number of carboxylic acids is 2. The summed E-state index contributed by atoms with van der Waals surface area (Å²) in [6.07, 6.45) is 6.38. The summed E-state index contributed by atoms with van der Waals surface area (Å²) in [6, 6.07) is -2.19. The van der Waals surface area contributed by atoms with Gasteiger partial charge in [0.05, 0.1) is 87.8 Å². The van der Waals surface area contributed by atoms with Crippen LogP contribution in [-0.2, 0) is 77.7 Å². The van der Waals surface area contributed by atoms with Crippen LogP contribution in [0.25, 0.3) is 0 Å². The maximum absolute atomic E-state index is 12.5. The first kappa shape index (κ1) is 57.8. The molecule has 3 N–H and O–H groups in total. The maximum atomic E-state index is 12.5. The van der Waals surface area contributed by atoms with Crippen molar-refractivity contribution in [2.45, 2.75) is 78.3 Å². The quantitative estimate of drug-likeness (QED) is 0.0343. The van der Waals surface area contributed by atoms with Crippen LogP contribution in [0.3, 0.4) is 0 Å². The molecule has 59 heavy (non-hydrogen) atoms. The van der Waals surface area contributed by atoms with Crippen molar-refractivity contribution in [1.82, 2.24) is 10.6 Å². The van der Waals surface area contributed by atoms with Gasteiger partial charge in [0.15, 0.2) is 0 Å². The Kier molecular flexibility index (Phi) is 34.7. The van der Waals surface area contributed by atoms with Gasteiger partial charge < -0.3 is 54.1 Å². The molecule has 0 aliphatic rings. The molecule has 342 valence electrons. The molecular formula is C39H68N2O16S2. The van der Waals surface area contributed by atoms with E-state index < -0.39 is 83.0 Å². The Morgan fingerprint density at radius 2 is 1.07 bits per heavy atom. The van der Waals surface area contributed by atoms with Crippen LogP contribution in [0.2, 0.25) is 0 Å². The van der Waals surface area contributed by atoms with Crippen molar-refractivity contribution in [1.29, 1.82) is 0 Å². The van der Waals surface area contributed by atoms with Crippen LogP contribution in [0.15, 0.2) is 0 Å². The van der Waals surface area contributed by atoms with Gasteiger partial charge in [-0.2, -0.15) is 11.8 Å². The first-order valence-electron chi connectivity index (χ1n) is 19.5. The van der Waals surface area contributed by atoms with Gasteiger partial charge in [0.25, 0.3) is 0 Å². The van der Waals surface area contributed by atoms with Gasteiger partial charge in [0, 0.05) is 33.5 Å². The highest BCUT2D eigenvalue weighted by Crippen LogP contribution is 2.16. The largest absolute Gasteiger partial charge is 0.548 e. The summed E-state index contributed by atoms with van der Waals surface area (Å²) in [4.78, 5) is 96.5. The van der Waals surface area contributed by atoms with Crippen LogP contribution in [0, 0.1) is 23.7 Å². The molecule has 0 aliphatic carbocycles. The molecule has 0 saturated heterocycles. The van der Waals surface area contributed by atoms with Crippen LogP contribution < -0.4 is 15.7 Å². The first-order valence-corrected chi connectivity index (χ1v) is 23.1. The number of aliphatic carboxylic acids is 2. The summed E-state index contributed by atoms with van der Waals surface area (Å²) < 4.78 is 30.2. The number of ketones is 2. The second-order valence-electron chi connectivity index (χ2n) is 13.6. The number of Topliss-reactive ketones (excluding diaryl/α,β-unsaturated/α-hetero) is 2. The van der Waals surface area contributed by atoms with Crippen molar-refractivity contribution in [3.05, 3.63) is 0 Å². The number of thioether (sulfide) groups is 1. The van der Waals surface area contributed by atoms with Gasteiger partial charge in [-0.05, 0) is 42.2 Å². The molecule has 4 unspecified atom stereocenters. The molecule has 18 nitrogen and oxygen atoms in total. The monoisotopic (exact) mass is 884 g/mol. The summed E-state index contributed by atoms with van der Waals surface area (Å²) in [6.45, 7) is 8.65. The lowest BCUT2D eigenvalue weighted by Crippen LogP contribution is -2.51. The molecule has 6 atom stereocenters. The molecule has 0 aromatic carbocycles. The molecule has 0 bridgehead atoms. The Morgan fingerprint density at radius 3 is 1.41 bits per heavy atom. The molecule has 0 aromatic heterocycles. The van der Waals surface area contributed by atoms with E-state index in [0.29, 0.717) is 37.9 Å². The van der Waals surface area contributed by atoms with Crippen LogP contribution in [0.5, 0.6) is 0 Å². The topological polar surface area (TPSA) is 259 Å². The molecule has 0 fully saturated rings. The molecule has 0 aromatic rings. The Balaban J connectivity index is 0. The van der Waals surface area contributed by atoms with Crippen molar-refractivity contribution in [2.75, 3.05) is 97.3 Å². The molecule has 0 spiro atoms. The lowest BCUT2D eigenvalue weighted by molar-refractivity contribution is -0.308. The van der Waals surface area contributed by atoms with E-state index in [-0.39, 0.29) is 75.8 Å². The lowest BCUT2D eigenvalue weighted by Gasteiger charge is -2.22. The van der Waals surface area contributed by atoms with Gasteiger partial charge in [0.2, 0.25) is 11.8 Å². The summed E-state index contributed by atoms with van der Waals surface area (Å²) in [7, 11) is 3.12. The number of esters is 2. The minimum Gasteiger partial charge on any atom is -0.548 e. The fourth-order valence-electron chi connectivity index (χ4n) is 4.99. The average Bonchev–Trinajstić information content (AvgIpc) is 3.17. The number of rotatable bonds is 34. The zero-order valence-corrected chi connectivity index (χ0v) is 37.8. The molecule has 20 heteroatoms. The third-order valence-corrected chi connectivity index (χ3v) is 10.2. The predicted molar refractivity (Wildman–Crippen MR) is 221 cm³/mol. The summed E-state index contributed by atoms with van der Waals surface area (Å²) in [5, 5.41) is 25.3. The first-order chi connectivity index (χ1) is 27.9. The molecule has 2 amide bonds. The van der Waals surface area contributed by atoms with E-state index >= 15 is 0 Å². The van der Waals surface area contributed by atoms with E-state index in [1.807, 2.05) is 18.8 Å². The number of hydrogen-bond donors (Lipinski definition) is 3. The normalized spacial score (nSPS) is 14.0. The average molecular weight is 885 g/mol. The van der Waals surface area contributed by atoms with Gasteiger partial charge in [0.1, 0.15) is 36.6 Å². The molecule has 0 rings (SSSR count). The third-order valence-electron chi connectivity index (χ3n) is 8.49. The maximum Gasteiger partial charge on any atom is 0.326 e. The van der Waals surface area contributed by atoms with Crippen LogP contribution in [-0.4, -0.2) is 162 Å². The van der Waals surface area contributed by atoms with Gasteiger partial charge >= 0.3 is 17.9 Å². The summed E-state index contributed by atoms with van der Waals surface area (Å²) in [5.74, 6) is -8.02. The number of amides is 2. The van der Waals surface area contributed by atoms with Gasteiger partial charge in [-0.1, -0.05) is 27.7 Å². The van der Waals surface area contributed by atoms with Crippen molar-refractivity contribution in [3.63, 3.8) is 0 Å². The Morgan fingerprint density at radius 1 is 0.661 bits per heavy atom. The zero-order valence-electron chi connectivity index (χ0n) is 36.2. The highest BCUT2D eigenvalue weighted by molar-refractivity contribution is 7.98. The van der Waals surface area contributed by atoms with E-state index in [0.717, 1.165) is 0 Å². The number of carbonyl (C=O) groups excluding carboxylic acids is 7. The summed E-state index contributed by atoms with van der Waals surface area (Å²) >= 11 is 1.47. The Bertz CT molecular complexity index is 1270. The number of carbonyl (C=O) groups is 8. The number of ether oxygens (including phenoxy) is 6. The highest BCUT2D eigenvalue weighted by Gasteiger charge is 2.32. The molecule has 0 radical (unpaired) electrons. The lowest BCUT2D eigenvalue weighted by atomic mass is 9.92. The van der Waals surface area contributed by atoms with E-state index in [1.54, 1.807) is 41.9 Å². The standard InChI is InChI=1S/C20H35NO8S.C19H33NO8S/c1-6-15(18(23)21-16(19(24)25)7-12-30(4)5)17(22)13-14(2)20(26)29-11-10-28-9-8-27-3;1-5-14(17(22)20-15(18(23)24)6-11-29-4)16(21)12-13(2)19(25)28-10-9-27-8-7-26-3/h14-16H,6-13H2,1-5H3,(H-,21,23,24,25);13-15H,5-12H2,1-4H3,(H,20,22)(H,23,24)/t14?,15?,16-;13?,14?,15-/m11/s1. The molecule has 0 aliphatic heterocycles.